The second kappa shape index (κ2) is 11.9. The first-order valence-electron chi connectivity index (χ1n) is 9.38. The Morgan fingerprint density at radius 3 is 2.81 bits per heavy atom. The van der Waals surface area contributed by atoms with Gasteiger partial charge in [-0.25, -0.2) is 0 Å². The summed E-state index contributed by atoms with van der Waals surface area (Å²) in [6.45, 7) is 3.32. The fourth-order valence-electron chi connectivity index (χ4n) is 2.70. The van der Waals surface area contributed by atoms with Gasteiger partial charge in [-0.1, -0.05) is 24.3 Å². The monoisotopic (exact) mass is 480 g/mol. The SMILES string of the molecule is CN=C(NCCCOCC1CC1)NCc1cccc(-c2ccccn2)c1.I. The van der Waals surface area contributed by atoms with Crippen LogP contribution >= 0.6 is 24.0 Å². The molecule has 1 heterocycles. The lowest BCUT2D eigenvalue weighted by Gasteiger charge is -2.12. The summed E-state index contributed by atoms with van der Waals surface area (Å²) in [6.07, 6.45) is 5.50. The Morgan fingerprint density at radius 2 is 2.07 bits per heavy atom. The highest BCUT2D eigenvalue weighted by molar-refractivity contribution is 14.0. The van der Waals surface area contributed by atoms with E-state index in [0.717, 1.165) is 55.9 Å². The highest BCUT2D eigenvalue weighted by Crippen LogP contribution is 2.28. The molecule has 27 heavy (non-hydrogen) atoms. The third-order valence-corrected chi connectivity index (χ3v) is 4.38. The van der Waals surface area contributed by atoms with Crippen LogP contribution in [0.25, 0.3) is 11.3 Å². The molecule has 0 spiro atoms. The zero-order valence-corrected chi connectivity index (χ0v) is 18.2. The highest BCUT2D eigenvalue weighted by atomic mass is 127. The lowest BCUT2D eigenvalue weighted by molar-refractivity contribution is 0.123. The van der Waals surface area contributed by atoms with Crippen LogP contribution in [0.4, 0.5) is 0 Å². The Kier molecular flexibility index (Phi) is 9.55. The topological polar surface area (TPSA) is 58.5 Å². The van der Waals surface area contributed by atoms with E-state index in [4.69, 9.17) is 4.74 Å². The van der Waals surface area contributed by atoms with Gasteiger partial charge in [0, 0.05) is 45.1 Å². The van der Waals surface area contributed by atoms with Gasteiger partial charge in [-0.3, -0.25) is 9.98 Å². The molecule has 0 radical (unpaired) electrons. The van der Waals surface area contributed by atoms with E-state index in [1.807, 2.05) is 24.4 Å². The van der Waals surface area contributed by atoms with E-state index < -0.39 is 0 Å². The summed E-state index contributed by atoms with van der Waals surface area (Å²) < 4.78 is 5.65. The van der Waals surface area contributed by atoms with Crippen LogP contribution in [-0.2, 0) is 11.3 Å². The predicted molar refractivity (Wildman–Crippen MR) is 121 cm³/mol. The standard InChI is InChI=1S/C21H28N4O.HI/c1-22-21(24-12-5-13-26-16-17-9-10-17)25-15-18-6-4-7-19(14-18)20-8-2-3-11-23-20;/h2-4,6-8,11,14,17H,5,9-10,12-13,15-16H2,1H3,(H2,22,24,25);1H. The molecule has 0 bridgehead atoms. The van der Waals surface area contributed by atoms with Crippen LogP contribution in [0.2, 0.25) is 0 Å². The molecule has 0 unspecified atom stereocenters. The first-order chi connectivity index (χ1) is 12.8. The van der Waals surface area contributed by atoms with Crippen molar-refractivity contribution in [2.45, 2.75) is 25.8 Å². The zero-order valence-electron chi connectivity index (χ0n) is 15.9. The molecule has 3 rings (SSSR count). The maximum absolute atomic E-state index is 5.65. The summed E-state index contributed by atoms with van der Waals surface area (Å²) >= 11 is 0. The van der Waals surface area contributed by atoms with Crippen LogP contribution < -0.4 is 10.6 Å². The van der Waals surface area contributed by atoms with E-state index in [0.29, 0.717) is 0 Å². The summed E-state index contributed by atoms with van der Waals surface area (Å²) in [5.41, 5.74) is 3.31. The third-order valence-electron chi connectivity index (χ3n) is 4.38. The second-order valence-electron chi connectivity index (χ2n) is 6.64. The molecule has 1 aliphatic rings. The van der Waals surface area contributed by atoms with Crippen LogP contribution in [0, 0.1) is 5.92 Å². The Morgan fingerprint density at radius 1 is 1.19 bits per heavy atom. The van der Waals surface area contributed by atoms with E-state index in [9.17, 15) is 0 Å². The van der Waals surface area contributed by atoms with Crippen molar-refractivity contribution in [2.24, 2.45) is 10.9 Å². The number of halogens is 1. The average Bonchev–Trinajstić information content (AvgIpc) is 3.52. The Balaban J connectivity index is 0.00000261. The molecule has 0 aliphatic heterocycles. The van der Waals surface area contributed by atoms with Gasteiger partial charge in [0.2, 0.25) is 0 Å². The fraction of sp³-hybridized carbons (Fsp3) is 0.429. The molecule has 0 saturated heterocycles. The lowest BCUT2D eigenvalue weighted by atomic mass is 10.1. The molecule has 5 nitrogen and oxygen atoms in total. The van der Waals surface area contributed by atoms with Gasteiger partial charge in [0.1, 0.15) is 0 Å². The molecule has 146 valence electrons. The van der Waals surface area contributed by atoms with Gasteiger partial charge in [0.05, 0.1) is 5.69 Å². The summed E-state index contributed by atoms with van der Waals surface area (Å²) in [7, 11) is 1.79. The molecular formula is C21H29IN4O. The highest BCUT2D eigenvalue weighted by Gasteiger charge is 2.20. The number of ether oxygens (including phenoxy) is 1. The van der Waals surface area contributed by atoms with E-state index in [2.05, 4.69) is 44.9 Å². The summed E-state index contributed by atoms with van der Waals surface area (Å²) in [5.74, 6) is 1.65. The van der Waals surface area contributed by atoms with Gasteiger partial charge < -0.3 is 15.4 Å². The van der Waals surface area contributed by atoms with E-state index >= 15 is 0 Å². The van der Waals surface area contributed by atoms with E-state index in [1.54, 1.807) is 7.05 Å². The molecule has 1 aliphatic carbocycles. The van der Waals surface area contributed by atoms with Crippen molar-refractivity contribution in [1.29, 1.82) is 0 Å². The van der Waals surface area contributed by atoms with Crippen molar-refractivity contribution < 1.29 is 4.74 Å². The molecule has 1 aromatic carbocycles. The normalized spacial score (nSPS) is 13.7. The second-order valence-corrected chi connectivity index (χ2v) is 6.64. The lowest BCUT2D eigenvalue weighted by Crippen LogP contribution is -2.37. The minimum absolute atomic E-state index is 0. The number of rotatable bonds is 9. The molecule has 2 aromatic rings. The van der Waals surface area contributed by atoms with Crippen LogP contribution in [-0.4, -0.2) is 37.7 Å². The van der Waals surface area contributed by atoms with Gasteiger partial charge in [-0.15, -0.1) is 24.0 Å². The summed E-state index contributed by atoms with van der Waals surface area (Å²) in [5, 5.41) is 6.70. The number of aliphatic imine (C=N–C) groups is 1. The van der Waals surface area contributed by atoms with Crippen molar-refractivity contribution >= 4 is 29.9 Å². The number of guanidine groups is 1. The third kappa shape index (κ3) is 7.84. The van der Waals surface area contributed by atoms with Gasteiger partial charge >= 0.3 is 0 Å². The molecule has 0 atom stereocenters. The van der Waals surface area contributed by atoms with E-state index in [-0.39, 0.29) is 24.0 Å². The average molecular weight is 480 g/mol. The van der Waals surface area contributed by atoms with Crippen LogP contribution in [0.1, 0.15) is 24.8 Å². The van der Waals surface area contributed by atoms with Gasteiger partial charge in [0.25, 0.3) is 0 Å². The fourth-order valence-corrected chi connectivity index (χ4v) is 2.70. The molecule has 6 heteroatoms. The number of benzene rings is 1. The summed E-state index contributed by atoms with van der Waals surface area (Å²) in [4.78, 5) is 8.69. The largest absolute Gasteiger partial charge is 0.381 e. The van der Waals surface area contributed by atoms with E-state index in [1.165, 1.54) is 18.4 Å². The van der Waals surface area contributed by atoms with Crippen LogP contribution in [0.3, 0.4) is 0 Å². The smallest absolute Gasteiger partial charge is 0.191 e. The van der Waals surface area contributed by atoms with Crippen molar-refractivity contribution in [1.82, 2.24) is 15.6 Å². The predicted octanol–water partition coefficient (Wildman–Crippen LogP) is 3.85. The minimum atomic E-state index is 0. The Bertz CT molecular complexity index is 704. The number of pyridine rings is 1. The molecule has 2 N–H and O–H groups in total. The number of nitrogens with zero attached hydrogens (tertiary/aromatic N) is 2. The van der Waals surface area contributed by atoms with Crippen LogP contribution in [0.15, 0.2) is 53.7 Å². The summed E-state index contributed by atoms with van der Waals surface area (Å²) in [6, 6.07) is 14.4. The Hall–Kier alpha value is -1.67. The van der Waals surface area contributed by atoms with Crippen molar-refractivity contribution in [3.63, 3.8) is 0 Å². The van der Waals surface area contributed by atoms with Crippen molar-refractivity contribution in [3.8, 4) is 11.3 Å². The first kappa shape index (κ1) is 21.6. The number of aromatic nitrogens is 1. The zero-order chi connectivity index (χ0) is 18.0. The molecular weight excluding hydrogens is 451 g/mol. The maximum Gasteiger partial charge on any atom is 0.191 e. The van der Waals surface area contributed by atoms with Gasteiger partial charge in [0.15, 0.2) is 5.96 Å². The number of nitrogens with one attached hydrogen (secondary N) is 2. The quantitative estimate of drug-likeness (QED) is 0.248. The van der Waals surface area contributed by atoms with Crippen LogP contribution in [0.5, 0.6) is 0 Å². The van der Waals surface area contributed by atoms with Gasteiger partial charge in [-0.2, -0.15) is 0 Å². The molecule has 1 aromatic heterocycles. The first-order valence-corrected chi connectivity index (χ1v) is 9.38. The Labute approximate surface area is 179 Å². The molecule has 1 fully saturated rings. The number of hydrogen-bond donors (Lipinski definition) is 2. The minimum Gasteiger partial charge on any atom is -0.381 e. The van der Waals surface area contributed by atoms with Gasteiger partial charge in [-0.05, 0) is 48.9 Å². The van der Waals surface area contributed by atoms with Crippen molar-refractivity contribution in [3.05, 3.63) is 54.2 Å². The maximum atomic E-state index is 5.65. The molecule has 0 amide bonds. The number of hydrogen-bond acceptors (Lipinski definition) is 3. The molecule has 1 saturated carbocycles. The van der Waals surface area contributed by atoms with Crippen molar-refractivity contribution in [2.75, 3.05) is 26.8 Å².